The van der Waals surface area contributed by atoms with Crippen molar-refractivity contribution in [3.05, 3.63) is 47.2 Å². The molecule has 1 aliphatic rings. The lowest BCUT2D eigenvalue weighted by Gasteiger charge is -2.17. The van der Waals surface area contributed by atoms with E-state index in [0.29, 0.717) is 17.9 Å². The van der Waals surface area contributed by atoms with Crippen LogP contribution < -0.4 is 11.3 Å². The van der Waals surface area contributed by atoms with Crippen LogP contribution in [0.15, 0.2) is 30.0 Å². The molecule has 0 aliphatic carbocycles. The average molecular weight is 226 g/mol. The highest BCUT2D eigenvalue weighted by Crippen LogP contribution is 2.26. The number of hydrogen-bond acceptors (Lipinski definition) is 3. The van der Waals surface area contributed by atoms with Crippen molar-refractivity contribution in [3.63, 3.8) is 0 Å². The molecule has 0 saturated carbocycles. The van der Waals surface area contributed by atoms with Crippen LogP contribution in [0.3, 0.4) is 0 Å². The molecule has 5 heteroatoms. The van der Waals surface area contributed by atoms with Gasteiger partial charge in [-0.2, -0.15) is 0 Å². The van der Waals surface area contributed by atoms with Crippen LogP contribution in [0.25, 0.3) is 0 Å². The lowest BCUT2D eigenvalue weighted by molar-refractivity contribution is 0.215. The maximum absolute atomic E-state index is 13.0. The van der Waals surface area contributed by atoms with E-state index in [0.717, 1.165) is 12.5 Å². The molecule has 0 aromatic heterocycles. The molecule has 1 aliphatic heterocycles. The summed E-state index contributed by atoms with van der Waals surface area (Å²) in [6, 6.07) is 2.78. The van der Waals surface area contributed by atoms with E-state index in [4.69, 9.17) is 10.6 Å². The number of hydrogen-bond donors (Lipinski definition) is 2. The topological polar surface area (TPSA) is 47.3 Å². The monoisotopic (exact) mass is 226 g/mol. The second-order valence-corrected chi connectivity index (χ2v) is 3.55. The zero-order valence-electron chi connectivity index (χ0n) is 8.54. The van der Waals surface area contributed by atoms with Crippen molar-refractivity contribution in [1.82, 2.24) is 5.43 Å². The predicted octanol–water partition coefficient (Wildman–Crippen LogP) is 1.77. The van der Waals surface area contributed by atoms with Crippen LogP contribution in [0, 0.1) is 11.6 Å². The standard InChI is InChI=1S/C11H12F2N2O/c12-8-4-7(5-9(13)6-8)11(15-14)10-2-1-3-16-10/h2,4-6,11,15H,1,3,14H2. The van der Waals surface area contributed by atoms with Gasteiger partial charge in [0.25, 0.3) is 0 Å². The van der Waals surface area contributed by atoms with Gasteiger partial charge in [-0.15, -0.1) is 0 Å². The first-order valence-electron chi connectivity index (χ1n) is 4.95. The SMILES string of the molecule is NNC(C1=CCCO1)c1cc(F)cc(F)c1. The maximum Gasteiger partial charge on any atom is 0.126 e. The number of hydrazine groups is 1. The Morgan fingerprint density at radius 2 is 1.94 bits per heavy atom. The fraction of sp³-hybridized carbons (Fsp3) is 0.273. The second-order valence-electron chi connectivity index (χ2n) is 3.55. The third kappa shape index (κ3) is 2.20. The van der Waals surface area contributed by atoms with Crippen LogP contribution in [0.4, 0.5) is 8.78 Å². The van der Waals surface area contributed by atoms with E-state index in [2.05, 4.69) is 5.43 Å². The molecule has 1 aromatic rings. The van der Waals surface area contributed by atoms with Gasteiger partial charge >= 0.3 is 0 Å². The number of nitrogens with two attached hydrogens (primary N) is 1. The van der Waals surface area contributed by atoms with Crippen LogP contribution in [0.2, 0.25) is 0 Å². The normalized spacial score (nSPS) is 16.8. The summed E-state index contributed by atoms with van der Waals surface area (Å²) in [6.07, 6.45) is 2.64. The van der Waals surface area contributed by atoms with Gasteiger partial charge in [-0.25, -0.2) is 14.2 Å². The van der Waals surface area contributed by atoms with E-state index < -0.39 is 17.7 Å². The van der Waals surface area contributed by atoms with Crippen LogP contribution in [-0.4, -0.2) is 6.61 Å². The van der Waals surface area contributed by atoms with Crippen LogP contribution in [0.1, 0.15) is 18.0 Å². The van der Waals surface area contributed by atoms with E-state index in [1.165, 1.54) is 12.1 Å². The van der Waals surface area contributed by atoms with E-state index in [1.807, 2.05) is 6.08 Å². The smallest absolute Gasteiger partial charge is 0.126 e. The Hall–Kier alpha value is -1.46. The Bertz CT molecular complexity index is 400. The van der Waals surface area contributed by atoms with Crippen LogP contribution in [-0.2, 0) is 4.74 Å². The summed E-state index contributed by atoms with van der Waals surface area (Å²) in [6.45, 7) is 0.575. The molecule has 3 nitrogen and oxygen atoms in total. The molecule has 1 atom stereocenters. The first-order chi connectivity index (χ1) is 7.70. The Morgan fingerprint density at radius 3 is 2.44 bits per heavy atom. The number of ether oxygens (including phenoxy) is 1. The van der Waals surface area contributed by atoms with Gasteiger partial charge in [-0.05, 0) is 23.8 Å². The van der Waals surface area contributed by atoms with Crippen molar-refractivity contribution >= 4 is 0 Å². The lowest BCUT2D eigenvalue weighted by atomic mass is 10.1. The Kier molecular flexibility index (Phi) is 3.17. The molecule has 1 unspecified atom stereocenters. The molecule has 0 amide bonds. The van der Waals surface area contributed by atoms with Gasteiger partial charge in [-0.3, -0.25) is 5.84 Å². The van der Waals surface area contributed by atoms with Crippen LogP contribution in [0.5, 0.6) is 0 Å². The Labute approximate surface area is 91.9 Å². The largest absolute Gasteiger partial charge is 0.496 e. The number of rotatable bonds is 3. The van der Waals surface area contributed by atoms with Gasteiger partial charge < -0.3 is 4.74 Å². The van der Waals surface area contributed by atoms with Crippen molar-refractivity contribution < 1.29 is 13.5 Å². The summed E-state index contributed by atoms with van der Waals surface area (Å²) in [4.78, 5) is 0. The van der Waals surface area contributed by atoms with E-state index in [-0.39, 0.29) is 0 Å². The molecule has 0 saturated heterocycles. The highest BCUT2D eigenvalue weighted by molar-refractivity contribution is 5.27. The van der Waals surface area contributed by atoms with E-state index in [1.54, 1.807) is 0 Å². The third-order valence-corrected chi connectivity index (χ3v) is 2.40. The summed E-state index contributed by atoms with van der Waals surface area (Å²) in [7, 11) is 0. The summed E-state index contributed by atoms with van der Waals surface area (Å²) in [5.41, 5.74) is 2.90. The highest BCUT2D eigenvalue weighted by atomic mass is 19.1. The van der Waals surface area contributed by atoms with Crippen molar-refractivity contribution in [2.75, 3.05) is 6.61 Å². The fourth-order valence-electron chi connectivity index (χ4n) is 1.72. The van der Waals surface area contributed by atoms with Crippen molar-refractivity contribution in [1.29, 1.82) is 0 Å². The van der Waals surface area contributed by atoms with Gasteiger partial charge in [-0.1, -0.05) is 0 Å². The van der Waals surface area contributed by atoms with Gasteiger partial charge in [0.2, 0.25) is 0 Å². The van der Waals surface area contributed by atoms with Gasteiger partial charge in [0.15, 0.2) is 0 Å². The zero-order chi connectivity index (χ0) is 11.5. The van der Waals surface area contributed by atoms with Crippen LogP contribution >= 0.6 is 0 Å². The molecule has 0 radical (unpaired) electrons. The number of halogens is 2. The van der Waals surface area contributed by atoms with Gasteiger partial charge in [0.1, 0.15) is 23.4 Å². The predicted molar refractivity (Wildman–Crippen MR) is 55.1 cm³/mol. The molecule has 1 heterocycles. The summed E-state index contributed by atoms with van der Waals surface area (Å²) >= 11 is 0. The van der Waals surface area contributed by atoms with Crippen molar-refractivity contribution in [2.24, 2.45) is 5.84 Å². The Balaban J connectivity index is 2.32. The lowest BCUT2D eigenvalue weighted by Crippen LogP contribution is -2.29. The van der Waals surface area contributed by atoms with Crippen molar-refractivity contribution in [3.8, 4) is 0 Å². The number of benzene rings is 1. The summed E-state index contributed by atoms with van der Waals surface area (Å²) in [5.74, 6) is 4.71. The third-order valence-electron chi connectivity index (χ3n) is 2.40. The zero-order valence-corrected chi connectivity index (χ0v) is 8.54. The minimum Gasteiger partial charge on any atom is -0.496 e. The maximum atomic E-state index is 13.0. The first-order valence-corrected chi connectivity index (χ1v) is 4.95. The molecule has 2 rings (SSSR count). The molecule has 16 heavy (non-hydrogen) atoms. The quantitative estimate of drug-likeness (QED) is 0.610. The van der Waals surface area contributed by atoms with E-state index in [9.17, 15) is 8.78 Å². The molecule has 0 bridgehead atoms. The highest BCUT2D eigenvalue weighted by Gasteiger charge is 2.20. The molecule has 0 spiro atoms. The molecule has 0 fully saturated rings. The molecular formula is C11H12F2N2O. The second kappa shape index (κ2) is 4.59. The van der Waals surface area contributed by atoms with E-state index >= 15 is 0 Å². The van der Waals surface area contributed by atoms with Crippen molar-refractivity contribution in [2.45, 2.75) is 12.5 Å². The molecular weight excluding hydrogens is 214 g/mol. The fourth-order valence-corrected chi connectivity index (χ4v) is 1.72. The molecule has 86 valence electrons. The molecule has 1 aromatic carbocycles. The average Bonchev–Trinajstić information content (AvgIpc) is 2.70. The number of nitrogens with one attached hydrogen (secondary N) is 1. The summed E-state index contributed by atoms with van der Waals surface area (Å²) in [5, 5.41) is 0. The minimum absolute atomic E-state index is 0.410. The minimum atomic E-state index is -0.631. The summed E-state index contributed by atoms with van der Waals surface area (Å²) < 4.78 is 31.4. The molecule has 3 N–H and O–H groups in total. The van der Waals surface area contributed by atoms with Gasteiger partial charge in [0, 0.05) is 12.5 Å². The van der Waals surface area contributed by atoms with Gasteiger partial charge in [0.05, 0.1) is 6.61 Å². The Morgan fingerprint density at radius 1 is 1.25 bits per heavy atom. The first kappa shape index (κ1) is 11.0.